The van der Waals surface area contributed by atoms with E-state index < -0.39 is 0 Å². The highest BCUT2D eigenvalue weighted by atomic mass is 16.2. The van der Waals surface area contributed by atoms with Gasteiger partial charge in [-0.15, -0.1) is 0 Å². The van der Waals surface area contributed by atoms with Gasteiger partial charge in [-0.2, -0.15) is 10.2 Å². The van der Waals surface area contributed by atoms with E-state index in [9.17, 15) is 9.59 Å². The number of carbonyl (C=O) groups is 1. The normalized spacial score (nSPS) is 18.4. The quantitative estimate of drug-likeness (QED) is 0.826. The Morgan fingerprint density at radius 3 is 2.90 bits per heavy atom. The smallest absolute Gasteiger partial charge is 0.340 e. The van der Waals surface area contributed by atoms with E-state index in [1.807, 2.05) is 24.6 Å². The van der Waals surface area contributed by atoms with Crippen LogP contribution in [-0.4, -0.2) is 48.9 Å². The highest BCUT2D eigenvalue weighted by Gasteiger charge is 2.29. The molecule has 2 aromatic rings. The van der Waals surface area contributed by atoms with Gasteiger partial charge < -0.3 is 4.90 Å². The number of nitrogens with one attached hydrogen (secondary N) is 2. The summed E-state index contributed by atoms with van der Waals surface area (Å²) in [7, 11) is 0. The molecule has 112 valence electrons. The van der Waals surface area contributed by atoms with E-state index in [0.29, 0.717) is 18.9 Å². The van der Waals surface area contributed by atoms with Crippen molar-refractivity contribution >= 4 is 5.91 Å². The van der Waals surface area contributed by atoms with E-state index in [0.717, 1.165) is 17.8 Å². The van der Waals surface area contributed by atoms with Gasteiger partial charge in [0.05, 0.1) is 18.2 Å². The summed E-state index contributed by atoms with van der Waals surface area (Å²) in [6, 6.07) is 2.26. The van der Waals surface area contributed by atoms with Crippen molar-refractivity contribution in [2.45, 2.75) is 32.7 Å². The second-order valence-corrected chi connectivity index (χ2v) is 5.46. The van der Waals surface area contributed by atoms with Crippen LogP contribution in [0.4, 0.5) is 0 Å². The van der Waals surface area contributed by atoms with Gasteiger partial charge in [0.25, 0.3) is 0 Å². The number of aromatic amines is 2. The summed E-state index contributed by atoms with van der Waals surface area (Å²) in [5.74, 6) is 0.348. The molecule has 3 heterocycles. The Kier molecular flexibility index (Phi) is 3.36. The van der Waals surface area contributed by atoms with Gasteiger partial charge in [0, 0.05) is 18.8 Å². The number of nitrogens with zero attached hydrogens (tertiary/aromatic N) is 4. The van der Waals surface area contributed by atoms with Crippen molar-refractivity contribution in [3.8, 4) is 0 Å². The SMILES string of the molecule is Cc1cc(C)n(C2CCN(C(=O)Cc3n[nH]c(=O)[nH]3)C2)n1. The molecule has 0 aliphatic carbocycles. The van der Waals surface area contributed by atoms with Gasteiger partial charge in [0.1, 0.15) is 5.82 Å². The van der Waals surface area contributed by atoms with Gasteiger partial charge in [0.2, 0.25) is 5.91 Å². The molecule has 1 unspecified atom stereocenters. The lowest BCUT2D eigenvalue weighted by Crippen LogP contribution is -2.31. The van der Waals surface area contributed by atoms with Crippen molar-refractivity contribution in [1.29, 1.82) is 0 Å². The highest BCUT2D eigenvalue weighted by molar-refractivity contribution is 5.78. The summed E-state index contributed by atoms with van der Waals surface area (Å²) in [6.07, 6.45) is 1.01. The Morgan fingerprint density at radius 2 is 2.29 bits per heavy atom. The van der Waals surface area contributed by atoms with Crippen LogP contribution in [0.1, 0.15) is 29.7 Å². The standard InChI is InChI=1S/C13H18N6O2/c1-8-5-9(2)19(17-8)10-3-4-18(7-10)12(20)6-11-14-13(21)16-15-11/h5,10H,3-4,6-7H2,1-2H3,(H2,14,15,16,21). The number of rotatable bonds is 3. The van der Waals surface area contributed by atoms with Gasteiger partial charge in [0.15, 0.2) is 0 Å². The maximum Gasteiger partial charge on any atom is 0.340 e. The van der Waals surface area contributed by atoms with Crippen molar-refractivity contribution in [3.05, 3.63) is 33.8 Å². The van der Waals surface area contributed by atoms with Crippen molar-refractivity contribution in [1.82, 2.24) is 29.9 Å². The van der Waals surface area contributed by atoms with Crippen LogP contribution in [0.2, 0.25) is 0 Å². The summed E-state index contributed by atoms with van der Waals surface area (Å²) in [4.78, 5) is 27.5. The molecule has 3 rings (SSSR count). The zero-order chi connectivity index (χ0) is 15.0. The van der Waals surface area contributed by atoms with Gasteiger partial charge in [-0.1, -0.05) is 0 Å². The molecule has 0 spiro atoms. The molecule has 1 amide bonds. The fourth-order valence-corrected chi connectivity index (χ4v) is 2.83. The highest BCUT2D eigenvalue weighted by Crippen LogP contribution is 2.23. The Bertz CT molecular complexity index is 712. The minimum absolute atomic E-state index is 0.0261. The minimum atomic E-state index is -0.389. The number of aromatic nitrogens is 5. The average Bonchev–Trinajstić information content (AvgIpc) is 3.10. The number of hydrogen-bond acceptors (Lipinski definition) is 4. The van der Waals surface area contributed by atoms with Crippen LogP contribution in [-0.2, 0) is 11.2 Å². The molecule has 1 saturated heterocycles. The van der Waals surface area contributed by atoms with E-state index in [-0.39, 0.29) is 24.1 Å². The monoisotopic (exact) mass is 290 g/mol. The van der Waals surface area contributed by atoms with Crippen molar-refractivity contribution in [2.75, 3.05) is 13.1 Å². The van der Waals surface area contributed by atoms with Crippen LogP contribution < -0.4 is 5.69 Å². The van der Waals surface area contributed by atoms with E-state index >= 15 is 0 Å². The van der Waals surface area contributed by atoms with Crippen molar-refractivity contribution < 1.29 is 4.79 Å². The maximum absolute atomic E-state index is 12.2. The third-order valence-electron chi connectivity index (χ3n) is 3.78. The zero-order valence-electron chi connectivity index (χ0n) is 12.1. The number of amides is 1. The number of carbonyl (C=O) groups excluding carboxylic acids is 1. The Hall–Kier alpha value is -2.38. The molecular formula is C13H18N6O2. The molecule has 0 bridgehead atoms. The molecule has 21 heavy (non-hydrogen) atoms. The molecule has 2 aromatic heterocycles. The van der Waals surface area contributed by atoms with Crippen molar-refractivity contribution in [2.24, 2.45) is 0 Å². The lowest BCUT2D eigenvalue weighted by atomic mass is 10.2. The first-order valence-electron chi connectivity index (χ1n) is 6.97. The molecule has 1 fully saturated rings. The summed E-state index contributed by atoms with van der Waals surface area (Å²) in [5.41, 5.74) is 1.72. The van der Waals surface area contributed by atoms with E-state index in [1.54, 1.807) is 4.90 Å². The van der Waals surface area contributed by atoms with Crippen LogP contribution in [0, 0.1) is 13.8 Å². The van der Waals surface area contributed by atoms with Gasteiger partial charge in [-0.05, 0) is 26.3 Å². The van der Waals surface area contributed by atoms with Crippen LogP contribution >= 0.6 is 0 Å². The fraction of sp³-hybridized carbons (Fsp3) is 0.538. The first-order chi connectivity index (χ1) is 10.0. The summed E-state index contributed by atoms with van der Waals surface area (Å²) in [5, 5.41) is 10.5. The first kappa shape index (κ1) is 13.6. The van der Waals surface area contributed by atoms with E-state index in [1.165, 1.54) is 0 Å². The zero-order valence-corrected chi connectivity index (χ0v) is 12.1. The molecule has 0 saturated carbocycles. The number of H-pyrrole nitrogens is 2. The number of likely N-dealkylation sites (tertiary alicyclic amines) is 1. The molecule has 1 aliphatic rings. The predicted octanol–water partition coefficient (Wildman–Crippen LogP) is -0.0726. The first-order valence-corrected chi connectivity index (χ1v) is 6.97. The topological polar surface area (TPSA) is 99.7 Å². The summed E-state index contributed by atoms with van der Waals surface area (Å²) in [6.45, 7) is 5.35. The van der Waals surface area contributed by atoms with Crippen LogP contribution in [0.5, 0.6) is 0 Å². The lowest BCUT2D eigenvalue weighted by Gasteiger charge is -2.16. The molecule has 1 aliphatic heterocycles. The fourth-order valence-electron chi connectivity index (χ4n) is 2.83. The maximum atomic E-state index is 12.2. The predicted molar refractivity (Wildman–Crippen MR) is 74.8 cm³/mol. The minimum Gasteiger partial charge on any atom is -0.340 e. The molecule has 8 heteroatoms. The average molecular weight is 290 g/mol. The summed E-state index contributed by atoms with van der Waals surface area (Å²) < 4.78 is 2.00. The second-order valence-electron chi connectivity index (χ2n) is 5.46. The van der Waals surface area contributed by atoms with Gasteiger partial charge >= 0.3 is 5.69 Å². The van der Waals surface area contributed by atoms with Gasteiger partial charge in [-0.25, -0.2) is 9.89 Å². The Balaban J connectivity index is 1.65. The van der Waals surface area contributed by atoms with Crippen LogP contribution in [0.3, 0.4) is 0 Å². The molecule has 8 nitrogen and oxygen atoms in total. The molecular weight excluding hydrogens is 272 g/mol. The third kappa shape index (κ3) is 2.74. The van der Waals surface area contributed by atoms with Crippen LogP contribution in [0.15, 0.2) is 10.9 Å². The number of aryl methyl sites for hydroxylation is 2. The number of hydrogen-bond donors (Lipinski definition) is 2. The van der Waals surface area contributed by atoms with Crippen LogP contribution in [0.25, 0.3) is 0 Å². The molecule has 2 N–H and O–H groups in total. The molecule has 0 radical (unpaired) electrons. The third-order valence-corrected chi connectivity index (χ3v) is 3.78. The van der Waals surface area contributed by atoms with E-state index in [4.69, 9.17) is 0 Å². The van der Waals surface area contributed by atoms with Crippen molar-refractivity contribution in [3.63, 3.8) is 0 Å². The van der Waals surface area contributed by atoms with E-state index in [2.05, 4.69) is 20.3 Å². The Morgan fingerprint density at radius 1 is 1.48 bits per heavy atom. The van der Waals surface area contributed by atoms with Gasteiger partial charge in [-0.3, -0.25) is 14.5 Å². The molecule has 0 aromatic carbocycles. The largest absolute Gasteiger partial charge is 0.340 e. The summed E-state index contributed by atoms with van der Waals surface area (Å²) >= 11 is 0. The molecule has 1 atom stereocenters. The lowest BCUT2D eigenvalue weighted by molar-refractivity contribution is -0.129. The Labute approximate surface area is 121 Å². The second kappa shape index (κ2) is 5.19.